The number of hydrogen-bond donors (Lipinski definition) is 1. The van der Waals surface area contributed by atoms with E-state index in [2.05, 4.69) is 0 Å². The molecule has 3 nitrogen and oxygen atoms in total. The van der Waals surface area contributed by atoms with E-state index in [9.17, 15) is 5.11 Å². The van der Waals surface area contributed by atoms with Crippen LogP contribution in [0.2, 0.25) is 0 Å². The maximum atomic E-state index is 9.48. The minimum absolute atomic E-state index is 0.143. The Morgan fingerprint density at radius 2 is 1.69 bits per heavy atom. The molecule has 0 aromatic heterocycles. The standard InChI is InChI=1S/C10H18O3/c11-10-6-2-1-4-8-9(13-10)5-3-7-12-8/h8-11H,1-7H2. The number of fused-ring (bicyclic) bond motifs is 1. The molecule has 2 aliphatic heterocycles. The molecule has 2 saturated heterocycles. The molecule has 0 aromatic rings. The monoisotopic (exact) mass is 186 g/mol. The zero-order valence-electron chi connectivity index (χ0n) is 7.95. The first-order valence-corrected chi connectivity index (χ1v) is 5.31. The van der Waals surface area contributed by atoms with E-state index in [0.717, 1.165) is 45.1 Å². The van der Waals surface area contributed by atoms with Gasteiger partial charge in [0, 0.05) is 6.61 Å². The van der Waals surface area contributed by atoms with Gasteiger partial charge < -0.3 is 14.6 Å². The normalized spacial score (nSPS) is 41.8. The van der Waals surface area contributed by atoms with Gasteiger partial charge >= 0.3 is 0 Å². The fourth-order valence-corrected chi connectivity index (χ4v) is 2.17. The Morgan fingerprint density at radius 1 is 0.923 bits per heavy atom. The molecule has 0 amide bonds. The van der Waals surface area contributed by atoms with Gasteiger partial charge in [-0.25, -0.2) is 0 Å². The van der Waals surface area contributed by atoms with Gasteiger partial charge in [0.2, 0.25) is 0 Å². The van der Waals surface area contributed by atoms with E-state index in [1.807, 2.05) is 0 Å². The molecular formula is C10H18O3. The summed E-state index contributed by atoms with van der Waals surface area (Å²) in [5.74, 6) is 0. The summed E-state index contributed by atoms with van der Waals surface area (Å²) in [5, 5.41) is 9.48. The van der Waals surface area contributed by atoms with Crippen molar-refractivity contribution in [1.82, 2.24) is 0 Å². The van der Waals surface area contributed by atoms with Crippen LogP contribution in [0.25, 0.3) is 0 Å². The van der Waals surface area contributed by atoms with E-state index in [1.165, 1.54) is 0 Å². The van der Waals surface area contributed by atoms with E-state index in [1.54, 1.807) is 0 Å². The van der Waals surface area contributed by atoms with Gasteiger partial charge in [0.1, 0.15) is 0 Å². The largest absolute Gasteiger partial charge is 0.376 e. The highest BCUT2D eigenvalue weighted by atomic mass is 16.6. The summed E-state index contributed by atoms with van der Waals surface area (Å²) in [4.78, 5) is 0. The van der Waals surface area contributed by atoms with Gasteiger partial charge in [-0.3, -0.25) is 0 Å². The van der Waals surface area contributed by atoms with E-state index in [-0.39, 0.29) is 12.2 Å². The smallest absolute Gasteiger partial charge is 0.155 e. The minimum atomic E-state index is -0.561. The second-order valence-electron chi connectivity index (χ2n) is 3.97. The number of aliphatic hydroxyl groups is 1. The fraction of sp³-hybridized carbons (Fsp3) is 1.00. The number of aliphatic hydroxyl groups excluding tert-OH is 1. The molecule has 2 fully saturated rings. The van der Waals surface area contributed by atoms with Crippen LogP contribution in [0.4, 0.5) is 0 Å². The summed E-state index contributed by atoms with van der Waals surface area (Å²) in [6.07, 6.45) is 6.01. The number of ether oxygens (including phenoxy) is 2. The Hall–Kier alpha value is -0.120. The molecule has 0 radical (unpaired) electrons. The lowest BCUT2D eigenvalue weighted by molar-refractivity contribution is -0.200. The van der Waals surface area contributed by atoms with Crippen molar-refractivity contribution < 1.29 is 14.6 Å². The lowest BCUT2D eigenvalue weighted by Gasteiger charge is -2.34. The number of rotatable bonds is 0. The summed E-state index contributed by atoms with van der Waals surface area (Å²) < 4.78 is 11.2. The zero-order valence-corrected chi connectivity index (χ0v) is 7.95. The van der Waals surface area contributed by atoms with Crippen molar-refractivity contribution in [2.45, 2.75) is 57.0 Å². The predicted octanol–water partition coefficient (Wildman–Crippen LogP) is 1.44. The Bertz CT molecular complexity index is 160. The second-order valence-corrected chi connectivity index (χ2v) is 3.97. The van der Waals surface area contributed by atoms with E-state index >= 15 is 0 Å². The van der Waals surface area contributed by atoms with Gasteiger partial charge in [-0.1, -0.05) is 6.42 Å². The first-order valence-electron chi connectivity index (χ1n) is 5.31. The molecule has 3 heteroatoms. The summed E-state index contributed by atoms with van der Waals surface area (Å²) in [6, 6.07) is 0. The van der Waals surface area contributed by atoms with E-state index in [0.29, 0.717) is 0 Å². The van der Waals surface area contributed by atoms with Crippen LogP contribution in [-0.4, -0.2) is 30.2 Å². The molecule has 3 atom stereocenters. The van der Waals surface area contributed by atoms with Crippen molar-refractivity contribution in [2.75, 3.05) is 6.61 Å². The Morgan fingerprint density at radius 3 is 2.62 bits per heavy atom. The molecule has 2 rings (SSSR count). The molecular weight excluding hydrogens is 168 g/mol. The van der Waals surface area contributed by atoms with Crippen LogP contribution in [-0.2, 0) is 9.47 Å². The highest BCUT2D eigenvalue weighted by molar-refractivity contribution is 4.77. The fourth-order valence-electron chi connectivity index (χ4n) is 2.17. The van der Waals surface area contributed by atoms with Crippen LogP contribution in [0.1, 0.15) is 38.5 Å². The Kier molecular flexibility index (Phi) is 3.19. The highest BCUT2D eigenvalue weighted by Crippen LogP contribution is 2.26. The highest BCUT2D eigenvalue weighted by Gasteiger charge is 2.29. The van der Waals surface area contributed by atoms with Crippen molar-refractivity contribution in [3.63, 3.8) is 0 Å². The third-order valence-electron chi connectivity index (χ3n) is 2.90. The van der Waals surface area contributed by atoms with Gasteiger partial charge in [-0.15, -0.1) is 0 Å². The Labute approximate surface area is 79.0 Å². The van der Waals surface area contributed by atoms with Gasteiger partial charge in [0.15, 0.2) is 6.29 Å². The summed E-state index contributed by atoms with van der Waals surface area (Å²) >= 11 is 0. The van der Waals surface area contributed by atoms with Gasteiger partial charge in [-0.2, -0.15) is 0 Å². The first-order chi connectivity index (χ1) is 6.36. The van der Waals surface area contributed by atoms with Crippen LogP contribution < -0.4 is 0 Å². The molecule has 0 spiro atoms. The SMILES string of the molecule is OC1CCCCC2OCCCC2O1. The molecule has 0 saturated carbocycles. The van der Waals surface area contributed by atoms with Gasteiger partial charge in [0.25, 0.3) is 0 Å². The minimum Gasteiger partial charge on any atom is -0.376 e. The molecule has 3 unspecified atom stereocenters. The van der Waals surface area contributed by atoms with Crippen LogP contribution >= 0.6 is 0 Å². The van der Waals surface area contributed by atoms with Gasteiger partial charge in [0.05, 0.1) is 12.2 Å². The molecule has 2 heterocycles. The zero-order chi connectivity index (χ0) is 9.10. The van der Waals surface area contributed by atoms with Crippen molar-refractivity contribution in [1.29, 1.82) is 0 Å². The topological polar surface area (TPSA) is 38.7 Å². The van der Waals surface area contributed by atoms with Crippen LogP contribution in [0.5, 0.6) is 0 Å². The Balaban J connectivity index is 1.93. The summed E-state index contributed by atoms with van der Waals surface area (Å²) in [7, 11) is 0. The van der Waals surface area contributed by atoms with E-state index < -0.39 is 6.29 Å². The van der Waals surface area contributed by atoms with Crippen LogP contribution in [0, 0.1) is 0 Å². The summed E-state index contributed by atoms with van der Waals surface area (Å²) in [6.45, 7) is 0.862. The average molecular weight is 186 g/mol. The lowest BCUT2D eigenvalue weighted by atomic mass is 9.98. The van der Waals surface area contributed by atoms with Crippen molar-refractivity contribution in [2.24, 2.45) is 0 Å². The molecule has 0 aliphatic carbocycles. The molecule has 2 aliphatic rings. The second kappa shape index (κ2) is 4.40. The third kappa shape index (κ3) is 2.42. The van der Waals surface area contributed by atoms with Crippen LogP contribution in [0.3, 0.4) is 0 Å². The van der Waals surface area contributed by atoms with E-state index in [4.69, 9.17) is 9.47 Å². The first kappa shape index (κ1) is 9.44. The average Bonchev–Trinajstić information content (AvgIpc) is 2.11. The van der Waals surface area contributed by atoms with Crippen molar-refractivity contribution >= 4 is 0 Å². The van der Waals surface area contributed by atoms with Gasteiger partial charge in [-0.05, 0) is 32.1 Å². The molecule has 1 N–H and O–H groups in total. The molecule has 0 bridgehead atoms. The lowest BCUT2D eigenvalue weighted by Crippen LogP contribution is -2.39. The van der Waals surface area contributed by atoms with Crippen LogP contribution in [0.15, 0.2) is 0 Å². The molecule has 76 valence electrons. The maximum absolute atomic E-state index is 9.48. The van der Waals surface area contributed by atoms with Crippen molar-refractivity contribution in [3.8, 4) is 0 Å². The predicted molar refractivity (Wildman–Crippen MR) is 48.3 cm³/mol. The van der Waals surface area contributed by atoms with Crippen molar-refractivity contribution in [3.05, 3.63) is 0 Å². The molecule has 13 heavy (non-hydrogen) atoms. The third-order valence-corrected chi connectivity index (χ3v) is 2.90. The summed E-state index contributed by atoms with van der Waals surface area (Å²) in [5.41, 5.74) is 0. The number of hydrogen-bond acceptors (Lipinski definition) is 3. The molecule has 0 aromatic carbocycles. The maximum Gasteiger partial charge on any atom is 0.155 e. The quantitative estimate of drug-likeness (QED) is 0.622.